The molecule has 0 radical (unpaired) electrons. The number of pyridine rings is 1. The highest BCUT2D eigenvalue weighted by molar-refractivity contribution is 5.92. The number of hydrogen-bond acceptors (Lipinski definition) is 3. The zero-order valence-electron chi connectivity index (χ0n) is 11.4. The Kier molecular flexibility index (Phi) is 2.84. The van der Waals surface area contributed by atoms with Crippen LogP contribution in [0.5, 0.6) is 0 Å². The second-order valence-electron chi connectivity index (χ2n) is 6.15. The molecule has 1 aromatic rings. The van der Waals surface area contributed by atoms with Crippen molar-refractivity contribution in [2.45, 2.75) is 27.7 Å². The van der Waals surface area contributed by atoms with E-state index in [1.165, 1.54) is 0 Å². The van der Waals surface area contributed by atoms with Crippen LogP contribution in [0, 0.1) is 16.7 Å². The van der Waals surface area contributed by atoms with Gasteiger partial charge in [-0.3, -0.25) is 4.79 Å². The van der Waals surface area contributed by atoms with Crippen molar-refractivity contribution in [2.24, 2.45) is 16.7 Å². The van der Waals surface area contributed by atoms with Crippen molar-refractivity contribution in [3.63, 3.8) is 0 Å². The van der Waals surface area contributed by atoms with Gasteiger partial charge in [0.15, 0.2) is 0 Å². The van der Waals surface area contributed by atoms with Crippen LogP contribution in [-0.2, 0) is 0 Å². The average molecular weight is 247 g/mol. The van der Waals surface area contributed by atoms with Gasteiger partial charge in [0.25, 0.3) is 5.91 Å². The number of aromatic nitrogens is 1. The fourth-order valence-electron chi connectivity index (χ4n) is 2.71. The van der Waals surface area contributed by atoms with Crippen LogP contribution >= 0.6 is 0 Å². The monoisotopic (exact) mass is 247 g/mol. The van der Waals surface area contributed by atoms with E-state index in [1.807, 2.05) is 0 Å². The number of carbonyl (C=O) groups excluding carboxylic acids is 1. The smallest absolute Gasteiger partial charge is 0.269 e. The highest BCUT2D eigenvalue weighted by Gasteiger charge is 2.64. The summed E-state index contributed by atoms with van der Waals surface area (Å²) in [6.07, 6.45) is 0. The minimum atomic E-state index is -0.152. The lowest BCUT2D eigenvalue weighted by atomic mass is 10.0. The predicted molar refractivity (Wildman–Crippen MR) is 72.0 cm³/mol. The van der Waals surface area contributed by atoms with E-state index < -0.39 is 0 Å². The maximum absolute atomic E-state index is 11.9. The second kappa shape index (κ2) is 3.97. The first kappa shape index (κ1) is 12.9. The van der Waals surface area contributed by atoms with E-state index in [-0.39, 0.29) is 16.7 Å². The molecule has 1 aliphatic rings. The summed E-state index contributed by atoms with van der Waals surface area (Å²) in [5.74, 6) is 0.727. The Morgan fingerprint density at radius 2 is 1.94 bits per heavy atom. The van der Waals surface area contributed by atoms with Crippen LogP contribution in [0.25, 0.3) is 0 Å². The van der Waals surface area contributed by atoms with Crippen LogP contribution in [0.2, 0.25) is 0 Å². The van der Waals surface area contributed by atoms with Crippen LogP contribution < -0.4 is 11.1 Å². The average Bonchev–Trinajstić information content (AvgIpc) is 2.66. The summed E-state index contributed by atoms with van der Waals surface area (Å²) in [6, 6.07) is 5.08. The fourth-order valence-corrected chi connectivity index (χ4v) is 2.71. The molecule has 0 bridgehead atoms. The second-order valence-corrected chi connectivity index (χ2v) is 6.15. The number of anilines is 1. The molecule has 4 heteroatoms. The predicted octanol–water partition coefficient (Wildman–Crippen LogP) is 2.08. The first-order valence-corrected chi connectivity index (χ1v) is 6.27. The van der Waals surface area contributed by atoms with Gasteiger partial charge in [0, 0.05) is 6.54 Å². The Hall–Kier alpha value is -1.58. The Morgan fingerprint density at radius 3 is 2.44 bits per heavy atom. The van der Waals surface area contributed by atoms with Gasteiger partial charge in [-0.2, -0.15) is 0 Å². The number of rotatable bonds is 3. The minimum absolute atomic E-state index is 0.152. The topological polar surface area (TPSA) is 68.0 Å². The number of nitrogens with zero attached hydrogens (tertiary/aromatic N) is 1. The molecule has 1 fully saturated rings. The van der Waals surface area contributed by atoms with Crippen LogP contribution in [0.1, 0.15) is 38.2 Å². The van der Waals surface area contributed by atoms with Crippen molar-refractivity contribution in [1.82, 2.24) is 10.3 Å². The van der Waals surface area contributed by atoms with E-state index in [2.05, 4.69) is 38.0 Å². The van der Waals surface area contributed by atoms with Crippen LogP contribution in [0.15, 0.2) is 18.2 Å². The van der Waals surface area contributed by atoms with E-state index in [1.54, 1.807) is 18.2 Å². The lowest BCUT2D eigenvalue weighted by Crippen LogP contribution is -2.28. The number of nitrogen functional groups attached to an aromatic ring is 1. The summed E-state index contributed by atoms with van der Waals surface area (Å²) in [5, 5.41) is 2.94. The van der Waals surface area contributed by atoms with Crippen LogP contribution in [0.3, 0.4) is 0 Å². The largest absolute Gasteiger partial charge is 0.384 e. The third-order valence-electron chi connectivity index (χ3n) is 4.79. The molecule has 0 saturated heterocycles. The van der Waals surface area contributed by atoms with Crippen molar-refractivity contribution < 1.29 is 4.79 Å². The Balaban J connectivity index is 1.95. The summed E-state index contributed by atoms with van der Waals surface area (Å²) in [4.78, 5) is 15.9. The van der Waals surface area contributed by atoms with E-state index >= 15 is 0 Å². The van der Waals surface area contributed by atoms with Crippen LogP contribution in [-0.4, -0.2) is 17.4 Å². The molecule has 98 valence electrons. The first-order valence-electron chi connectivity index (χ1n) is 6.27. The maximum Gasteiger partial charge on any atom is 0.269 e. The SMILES string of the molecule is CC1(C)C(CNC(=O)c2cccc(N)n2)C1(C)C. The van der Waals surface area contributed by atoms with Crippen molar-refractivity contribution in [3.8, 4) is 0 Å². The molecule has 0 atom stereocenters. The van der Waals surface area contributed by atoms with Gasteiger partial charge in [0.1, 0.15) is 11.5 Å². The lowest BCUT2D eigenvalue weighted by Gasteiger charge is -2.06. The molecule has 1 aliphatic carbocycles. The van der Waals surface area contributed by atoms with Gasteiger partial charge in [-0.05, 0) is 28.9 Å². The van der Waals surface area contributed by atoms with Crippen molar-refractivity contribution in [3.05, 3.63) is 23.9 Å². The molecule has 18 heavy (non-hydrogen) atoms. The fraction of sp³-hybridized carbons (Fsp3) is 0.571. The molecule has 3 N–H and O–H groups in total. The Bertz CT molecular complexity index is 466. The summed E-state index contributed by atoms with van der Waals surface area (Å²) >= 11 is 0. The third-order valence-corrected chi connectivity index (χ3v) is 4.79. The highest BCUT2D eigenvalue weighted by Crippen LogP contribution is 2.67. The molecule has 0 unspecified atom stereocenters. The van der Waals surface area contributed by atoms with Gasteiger partial charge in [0.2, 0.25) is 0 Å². The molecule has 0 spiro atoms. The number of hydrogen-bond donors (Lipinski definition) is 2. The molecule has 0 aliphatic heterocycles. The molecular formula is C14H21N3O. The molecule has 2 rings (SSSR count). The Labute approximate surface area is 108 Å². The summed E-state index contributed by atoms with van der Waals surface area (Å²) in [7, 11) is 0. The van der Waals surface area contributed by atoms with Crippen molar-refractivity contribution >= 4 is 11.7 Å². The third kappa shape index (κ3) is 1.96. The van der Waals surface area contributed by atoms with Gasteiger partial charge in [-0.1, -0.05) is 33.8 Å². The highest BCUT2D eigenvalue weighted by atomic mass is 16.1. The van der Waals surface area contributed by atoms with E-state index in [4.69, 9.17) is 5.73 Å². The van der Waals surface area contributed by atoms with Gasteiger partial charge in [0.05, 0.1) is 0 Å². The molecule has 4 nitrogen and oxygen atoms in total. The first-order chi connectivity index (χ1) is 8.26. The van der Waals surface area contributed by atoms with Gasteiger partial charge in [-0.25, -0.2) is 4.98 Å². The van der Waals surface area contributed by atoms with Gasteiger partial charge < -0.3 is 11.1 Å². The standard InChI is InChI=1S/C14H21N3O/c1-13(2)10(14(13,3)4)8-16-12(18)9-6-5-7-11(15)17-9/h5-7,10H,8H2,1-4H3,(H2,15,17)(H,16,18). The zero-order chi connectivity index (χ0) is 13.6. The molecule has 1 aromatic heterocycles. The van der Waals surface area contributed by atoms with E-state index in [0.717, 1.165) is 0 Å². The van der Waals surface area contributed by atoms with Crippen molar-refractivity contribution in [1.29, 1.82) is 0 Å². The van der Waals surface area contributed by atoms with Gasteiger partial charge >= 0.3 is 0 Å². The number of nitrogens with one attached hydrogen (secondary N) is 1. The number of amides is 1. The molecular weight excluding hydrogens is 226 g/mol. The maximum atomic E-state index is 11.9. The number of nitrogens with two attached hydrogens (primary N) is 1. The van der Waals surface area contributed by atoms with Crippen LogP contribution in [0.4, 0.5) is 5.82 Å². The van der Waals surface area contributed by atoms with E-state index in [9.17, 15) is 4.79 Å². The molecule has 0 aromatic carbocycles. The summed E-state index contributed by atoms with van der Waals surface area (Å²) < 4.78 is 0. The molecule has 1 heterocycles. The zero-order valence-corrected chi connectivity index (χ0v) is 11.4. The lowest BCUT2D eigenvalue weighted by molar-refractivity contribution is 0.0945. The molecule has 1 saturated carbocycles. The molecule has 1 amide bonds. The van der Waals surface area contributed by atoms with Crippen molar-refractivity contribution in [2.75, 3.05) is 12.3 Å². The van der Waals surface area contributed by atoms with E-state index in [0.29, 0.717) is 24.0 Å². The van der Waals surface area contributed by atoms with Gasteiger partial charge in [-0.15, -0.1) is 0 Å². The normalized spacial score (nSPS) is 20.4. The quantitative estimate of drug-likeness (QED) is 0.859. The Morgan fingerprint density at radius 1 is 1.33 bits per heavy atom. The number of carbonyl (C=O) groups is 1. The summed E-state index contributed by atoms with van der Waals surface area (Å²) in [5.41, 5.74) is 6.50. The minimum Gasteiger partial charge on any atom is -0.384 e. The summed E-state index contributed by atoms with van der Waals surface area (Å²) in [6.45, 7) is 9.64.